The van der Waals surface area contributed by atoms with Crippen LogP contribution < -0.4 is 14.8 Å². The normalized spacial score (nSPS) is 11.9. The first-order chi connectivity index (χ1) is 19.6. The van der Waals surface area contributed by atoms with Crippen molar-refractivity contribution in [1.82, 2.24) is 20.1 Å². The number of benzene rings is 4. The molecule has 0 unspecified atom stereocenters. The number of halogens is 1. The summed E-state index contributed by atoms with van der Waals surface area (Å²) >= 11 is 1.47. The van der Waals surface area contributed by atoms with Gasteiger partial charge in [0.1, 0.15) is 11.6 Å². The number of aromatic nitrogens is 3. The van der Waals surface area contributed by atoms with Gasteiger partial charge in [0, 0.05) is 24.3 Å². The molecule has 0 spiro atoms. The fourth-order valence-corrected chi connectivity index (χ4v) is 5.32. The summed E-state index contributed by atoms with van der Waals surface area (Å²) in [6.07, 6.45) is 0.527. The van der Waals surface area contributed by atoms with Crippen molar-refractivity contribution in [3.05, 3.63) is 131 Å². The van der Waals surface area contributed by atoms with Crippen molar-refractivity contribution in [3.8, 4) is 17.2 Å². The fraction of sp³-hybridized carbons (Fsp3) is 0.129. The highest BCUT2D eigenvalue weighted by atomic mass is 32.2. The van der Waals surface area contributed by atoms with E-state index >= 15 is 0 Å². The summed E-state index contributed by atoms with van der Waals surface area (Å²) in [4.78, 5) is 12.7. The quantitative estimate of drug-likeness (QED) is 0.228. The molecule has 1 aliphatic rings. The predicted octanol–water partition coefficient (Wildman–Crippen LogP) is 5.95. The number of ether oxygens (including phenoxy) is 2. The molecule has 0 radical (unpaired) electrons. The van der Waals surface area contributed by atoms with E-state index in [0.29, 0.717) is 52.4 Å². The fourth-order valence-electron chi connectivity index (χ4n) is 4.40. The molecule has 0 atom stereocenters. The lowest BCUT2D eigenvalue weighted by Gasteiger charge is -2.11. The van der Waals surface area contributed by atoms with Gasteiger partial charge in [0.25, 0.3) is 5.91 Å². The number of hydrogen-bond acceptors (Lipinski definition) is 6. The lowest BCUT2D eigenvalue weighted by atomic mass is 10.1. The molecular formula is C31H25FN4O3S. The van der Waals surface area contributed by atoms with Crippen LogP contribution in [0.2, 0.25) is 0 Å². The Bertz CT molecular complexity index is 1640. The van der Waals surface area contributed by atoms with Gasteiger partial charge in [-0.25, -0.2) is 4.39 Å². The predicted molar refractivity (Wildman–Crippen MR) is 150 cm³/mol. The van der Waals surface area contributed by atoms with Gasteiger partial charge >= 0.3 is 0 Å². The Morgan fingerprint density at radius 3 is 2.42 bits per heavy atom. The highest BCUT2D eigenvalue weighted by Crippen LogP contribution is 2.32. The number of fused-ring (bicyclic) bond motifs is 1. The first kappa shape index (κ1) is 25.6. The zero-order valence-electron chi connectivity index (χ0n) is 21.4. The van der Waals surface area contributed by atoms with Crippen LogP contribution in [0.15, 0.2) is 102 Å². The molecule has 1 aromatic heterocycles. The van der Waals surface area contributed by atoms with Crippen molar-refractivity contribution in [2.75, 3.05) is 6.79 Å². The highest BCUT2D eigenvalue weighted by Gasteiger charge is 2.18. The number of carbonyl (C=O) groups is 1. The third kappa shape index (κ3) is 5.69. The topological polar surface area (TPSA) is 78.3 Å². The number of nitrogens with one attached hydrogen (secondary N) is 1. The van der Waals surface area contributed by atoms with E-state index < -0.39 is 0 Å². The van der Waals surface area contributed by atoms with Gasteiger partial charge in [-0.15, -0.1) is 10.2 Å². The van der Waals surface area contributed by atoms with Crippen molar-refractivity contribution in [1.29, 1.82) is 0 Å². The maximum absolute atomic E-state index is 14.8. The van der Waals surface area contributed by atoms with Crippen molar-refractivity contribution >= 4 is 17.7 Å². The summed E-state index contributed by atoms with van der Waals surface area (Å²) < 4.78 is 27.3. The van der Waals surface area contributed by atoms with E-state index in [2.05, 4.69) is 15.5 Å². The van der Waals surface area contributed by atoms with E-state index in [0.717, 1.165) is 16.7 Å². The van der Waals surface area contributed by atoms with E-state index in [9.17, 15) is 9.18 Å². The monoisotopic (exact) mass is 552 g/mol. The molecule has 9 heteroatoms. The molecule has 0 bridgehead atoms. The summed E-state index contributed by atoms with van der Waals surface area (Å²) in [5.41, 5.74) is 3.97. The maximum Gasteiger partial charge on any atom is 0.251 e. The second-order valence-corrected chi connectivity index (χ2v) is 10.1. The molecular weight excluding hydrogens is 527 g/mol. The number of hydrogen-bond donors (Lipinski definition) is 1. The van der Waals surface area contributed by atoms with Crippen LogP contribution >= 0.6 is 11.8 Å². The Hall–Kier alpha value is -4.63. The number of para-hydroxylation sites is 1. The summed E-state index contributed by atoms with van der Waals surface area (Å²) in [7, 11) is 0. The van der Waals surface area contributed by atoms with Crippen LogP contribution in [0.5, 0.6) is 11.5 Å². The minimum atomic E-state index is -0.338. The second kappa shape index (κ2) is 11.6. The Kier molecular flexibility index (Phi) is 7.45. The van der Waals surface area contributed by atoms with Crippen molar-refractivity contribution in [2.45, 2.75) is 23.9 Å². The molecule has 0 saturated heterocycles. The van der Waals surface area contributed by atoms with Crippen LogP contribution in [0.3, 0.4) is 0 Å². The van der Waals surface area contributed by atoms with Crippen LogP contribution in [0, 0.1) is 5.82 Å². The van der Waals surface area contributed by atoms with Crippen LogP contribution in [-0.2, 0) is 18.7 Å². The lowest BCUT2D eigenvalue weighted by molar-refractivity contribution is 0.0951. The number of amides is 1. The molecule has 0 saturated carbocycles. The smallest absolute Gasteiger partial charge is 0.251 e. The van der Waals surface area contributed by atoms with Crippen LogP contribution in [0.25, 0.3) is 5.69 Å². The first-order valence-electron chi connectivity index (χ1n) is 12.8. The van der Waals surface area contributed by atoms with Gasteiger partial charge in [0.05, 0.1) is 5.69 Å². The van der Waals surface area contributed by atoms with Crippen LogP contribution in [-0.4, -0.2) is 27.5 Å². The van der Waals surface area contributed by atoms with Gasteiger partial charge in [-0.05, 0) is 53.1 Å². The zero-order chi connectivity index (χ0) is 27.3. The summed E-state index contributed by atoms with van der Waals surface area (Å²) in [6.45, 7) is 0.594. The molecule has 40 heavy (non-hydrogen) atoms. The Morgan fingerprint density at radius 2 is 1.60 bits per heavy atom. The number of nitrogens with zero attached hydrogens (tertiary/aromatic N) is 3. The van der Waals surface area contributed by atoms with Crippen LogP contribution in [0.4, 0.5) is 4.39 Å². The molecule has 7 nitrogen and oxygen atoms in total. The van der Waals surface area contributed by atoms with E-state index in [-0.39, 0.29) is 18.5 Å². The Balaban J connectivity index is 1.13. The van der Waals surface area contributed by atoms with Crippen LogP contribution in [0.1, 0.15) is 32.9 Å². The third-order valence-electron chi connectivity index (χ3n) is 6.47. The van der Waals surface area contributed by atoms with Crippen molar-refractivity contribution < 1.29 is 18.7 Å². The highest BCUT2D eigenvalue weighted by molar-refractivity contribution is 7.98. The summed E-state index contributed by atoms with van der Waals surface area (Å²) in [5.74, 6) is 2.14. The molecule has 0 aliphatic carbocycles. The van der Waals surface area contributed by atoms with Gasteiger partial charge in [0.15, 0.2) is 16.7 Å². The molecule has 1 N–H and O–H groups in total. The molecule has 6 rings (SSSR count). The number of carbonyl (C=O) groups excluding carboxylic acids is 1. The van der Waals surface area contributed by atoms with E-state index in [1.807, 2.05) is 60.7 Å². The largest absolute Gasteiger partial charge is 0.454 e. The summed E-state index contributed by atoms with van der Waals surface area (Å²) in [6, 6.07) is 29.6. The van der Waals surface area contributed by atoms with Gasteiger partial charge in [0.2, 0.25) is 6.79 Å². The SMILES string of the molecule is O=C(NCc1ccc2c(c1)OCO2)c1ccc(CSc2nnc(Cc3ccccc3)n2-c2ccccc2F)cc1. The van der Waals surface area contributed by atoms with Gasteiger partial charge in [-0.3, -0.25) is 9.36 Å². The summed E-state index contributed by atoms with van der Waals surface area (Å²) in [5, 5.41) is 12.3. The number of thioether (sulfide) groups is 1. The minimum Gasteiger partial charge on any atom is -0.454 e. The molecule has 200 valence electrons. The van der Waals surface area contributed by atoms with Gasteiger partial charge < -0.3 is 14.8 Å². The molecule has 4 aromatic carbocycles. The average molecular weight is 553 g/mol. The molecule has 5 aromatic rings. The minimum absolute atomic E-state index is 0.165. The Morgan fingerprint density at radius 1 is 0.850 bits per heavy atom. The first-order valence-corrected chi connectivity index (χ1v) is 13.7. The van der Waals surface area contributed by atoms with Crippen molar-refractivity contribution in [3.63, 3.8) is 0 Å². The number of rotatable bonds is 9. The lowest BCUT2D eigenvalue weighted by Crippen LogP contribution is -2.22. The standard InChI is InChI=1S/C31H25FN4O3S/c32-25-8-4-5-9-26(25)36-29(17-21-6-2-1-3-7-21)34-35-31(36)40-19-22-10-13-24(14-11-22)30(37)33-18-23-12-15-27-28(16-23)39-20-38-27/h1-16H,17-20H2,(H,33,37). The van der Waals surface area contributed by atoms with Crippen molar-refractivity contribution in [2.24, 2.45) is 0 Å². The molecule has 1 aliphatic heterocycles. The van der Waals surface area contributed by atoms with Gasteiger partial charge in [-0.1, -0.05) is 72.4 Å². The van der Waals surface area contributed by atoms with E-state index in [4.69, 9.17) is 9.47 Å². The average Bonchev–Trinajstić information content (AvgIpc) is 3.62. The van der Waals surface area contributed by atoms with Gasteiger partial charge in [-0.2, -0.15) is 0 Å². The van der Waals surface area contributed by atoms with E-state index in [1.54, 1.807) is 34.9 Å². The Labute approximate surface area is 235 Å². The molecule has 1 amide bonds. The molecule has 0 fully saturated rings. The van der Waals surface area contributed by atoms with E-state index in [1.165, 1.54) is 17.8 Å². The third-order valence-corrected chi connectivity index (χ3v) is 7.47. The maximum atomic E-state index is 14.8. The molecule has 2 heterocycles. The second-order valence-electron chi connectivity index (χ2n) is 9.20. The zero-order valence-corrected chi connectivity index (χ0v) is 22.2.